The molecule has 1 saturated carbocycles. The molecule has 2 N–H and O–H groups in total. The molecule has 2 fully saturated rings. The van der Waals surface area contributed by atoms with Gasteiger partial charge in [-0.3, -0.25) is 14.4 Å². The largest absolute Gasteiger partial charge is 0.497 e. The van der Waals surface area contributed by atoms with E-state index < -0.39 is 0 Å². The smallest absolute Gasteiger partial charge is 0.253 e. The number of halogens is 1. The van der Waals surface area contributed by atoms with Gasteiger partial charge in [-0.15, -0.1) is 0 Å². The van der Waals surface area contributed by atoms with Gasteiger partial charge >= 0.3 is 0 Å². The van der Waals surface area contributed by atoms with Gasteiger partial charge in [-0.2, -0.15) is 0 Å². The highest BCUT2D eigenvalue weighted by Crippen LogP contribution is 2.30. The minimum Gasteiger partial charge on any atom is -0.497 e. The molecule has 1 saturated heterocycles. The van der Waals surface area contributed by atoms with E-state index in [9.17, 15) is 18.8 Å². The fourth-order valence-corrected chi connectivity index (χ4v) is 4.93. The monoisotopic (exact) mass is 544 g/mol. The molecule has 0 spiro atoms. The molecule has 0 bridgehead atoms. The molecule has 40 heavy (non-hydrogen) atoms. The van der Waals surface area contributed by atoms with E-state index in [4.69, 9.17) is 4.74 Å². The highest BCUT2D eigenvalue weighted by atomic mass is 19.1. The number of nitrogens with zero attached hydrogens (tertiary/aromatic N) is 2. The van der Waals surface area contributed by atoms with Gasteiger partial charge in [-0.05, 0) is 73.0 Å². The first-order chi connectivity index (χ1) is 19.4. The third-order valence-electron chi connectivity index (χ3n) is 7.60. The van der Waals surface area contributed by atoms with Crippen LogP contribution < -0.4 is 20.3 Å². The Morgan fingerprint density at radius 3 is 2.25 bits per heavy atom. The summed E-state index contributed by atoms with van der Waals surface area (Å²) in [7, 11) is 1.59. The second kappa shape index (κ2) is 12.2. The molecule has 1 aliphatic carbocycles. The highest BCUT2D eigenvalue weighted by Gasteiger charge is 2.27. The summed E-state index contributed by atoms with van der Waals surface area (Å²) in [5.74, 6) is 0.00862. The van der Waals surface area contributed by atoms with Crippen molar-refractivity contribution in [1.82, 2.24) is 10.2 Å². The van der Waals surface area contributed by atoms with Crippen LogP contribution in [0.2, 0.25) is 0 Å². The van der Waals surface area contributed by atoms with Crippen molar-refractivity contribution < 1.29 is 23.5 Å². The van der Waals surface area contributed by atoms with Crippen LogP contribution in [-0.2, 0) is 11.3 Å². The van der Waals surface area contributed by atoms with Gasteiger partial charge in [-0.25, -0.2) is 4.39 Å². The molecule has 2 aliphatic rings. The summed E-state index contributed by atoms with van der Waals surface area (Å²) in [6.45, 7) is 2.34. The average Bonchev–Trinajstić information content (AvgIpc) is 2.95. The number of benzene rings is 3. The van der Waals surface area contributed by atoms with Crippen LogP contribution in [0, 0.1) is 11.7 Å². The summed E-state index contributed by atoms with van der Waals surface area (Å²) in [4.78, 5) is 42.9. The van der Waals surface area contributed by atoms with E-state index >= 15 is 0 Å². The van der Waals surface area contributed by atoms with Crippen LogP contribution >= 0.6 is 0 Å². The SMILES string of the molecule is COc1ccc(C(=O)N2CCN(c3ccc(NC(=O)C4CCC4)cc3C(=O)NCc3ccc(F)cc3)CC2)cc1. The third kappa shape index (κ3) is 6.25. The Kier molecular flexibility index (Phi) is 8.28. The van der Waals surface area contributed by atoms with Crippen LogP contribution in [-0.4, -0.2) is 55.9 Å². The van der Waals surface area contributed by atoms with Crippen LogP contribution in [0.15, 0.2) is 66.7 Å². The Balaban J connectivity index is 1.30. The van der Waals surface area contributed by atoms with E-state index in [0.717, 1.165) is 30.5 Å². The second-order valence-corrected chi connectivity index (χ2v) is 10.2. The quantitative estimate of drug-likeness (QED) is 0.437. The van der Waals surface area contributed by atoms with Gasteiger partial charge in [0.15, 0.2) is 0 Å². The standard InChI is InChI=1S/C31H33FN4O4/c1-40-26-12-7-23(8-13-26)31(39)36-17-15-35(16-18-36)28-14-11-25(34-29(37)22-3-2-4-22)19-27(28)30(38)33-20-21-5-9-24(32)10-6-21/h5-14,19,22H,2-4,15-18,20H2,1H3,(H,33,38)(H,34,37). The van der Waals surface area contributed by atoms with Gasteiger partial charge in [0.25, 0.3) is 11.8 Å². The number of methoxy groups -OCH3 is 1. The van der Waals surface area contributed by atoms with Crippen molar-refractivity contribution >= 4 is 29.1 Å². The lowest BCUT2D eigenvalue weighted by atomic mass is 9.85. The lowest BCUT2D eigenvalue weighted by Gasteiger charge is -2.37. The number of carbonyl (C=O) groups is 3. The first kappa shape index (κ1) is 27.2. The van der Waals surface area contributed by atoms with Crippen molar-refractivity contribution in [2.24, 2.45) is 5.92 Å². The zero-order valence-corrected chi connectivity index (χ0v) is 22.5. The molecule has 0 atom stereocenters. The van der Waals surface area contributed by atoms with Crippen molar-refractivity contribution in [2.45, 2.75) is 25.8 Å². The second-order valence-electron chi connectivity index (χ2n) is 10.2. The molecule has 208 valence electrons. The molecule has 0 radical (unpaired) electrons. The van der Waals surface area contributed by atoms with Gasteiger partial charge in [0.05, 0.1) is 12.7 Å². The van der Waals surface area contributed by atoms with Crippen LogP contribution in [0.1, 0.15) is 45.5 Å². The van der Waals surface area contributed by atoms with Crippen LogP contribution in [0.4, 0.5) is 15.8 Å². The van der Waals surface area contributed by atoms with Gasteiger partial charge in [0.1, 0.15) is 11.6 Å². The zero-order chi connectivity index (χ0) is 28.1. The maximum atomic E-state index is 13.4. The number of nitrogens with one attached hydrogen (secondary N) is 2. The average molecular weight is 545 g/mol. The summed E-state index contributed by atoms with van der Waals surface area (Å²) in [5.41, 5.74) is 3.11. The maximum absolute atomic E-state index is 13.4. The first-order valence-corrected chi connectivity index (χ1v) is 13.6. The summed E-state index contributed by atoms with van der Waals surface area (Å²) >= 11 is 0. The van der Waals surface area contributed by atoms with Crippen LogP contribution in [0.3, 0.4) is 0 Å². The van der Waals surface area contributed by atoms with E-state index in [1.165, 1.54) is 12.1 Å². The number of ether oxygens (including phenoxy) is 1. The van der Waals surface area contributed by atoms with Crippen LogP contribution in [0.5, 0.6) is 5.75 Å². The molecule has 0 unspecified atom stereocenters. The molecule has 3 amide bonds. The number of hydrogen-bond donors (Lipinski definition) is 2. The minimum atomic E-state index is -0.336. The third-order valence-corrected chi connectivity index (χ3v) is 7.60. The zero-order valence-electron chi connectivity index (χ0n) is 22.5. The number of piperazine rings is 1. The highest BCUT2D eigenvalue weighted by molar-refractivity contribution is 6.02. The molecule has 0 aromatic heterocycles. The Hall–Kier alpha value is -4.40. The van der Waals surface area contributed by atoms with Gasteiger partial charge in [0, 0.05) is 55.6 Å². The van der Waals surface area contributed by atoms with Crippen molar-refractivity contribution in [1.29, 1.82) is 0 Å². The van der Waals surface area contributed by atoms with Crippen molar-refractivity contribution in [3.05, 3.63) is 89.2 Å². The van der Waals surface area contributed by atoms with E-state index in [2.05, 4.69) is 15.5 Å². The van der Waals surface area contributed by atoms with Gasteiger partial charge < -0.3 is 25.2 Å². The predicted molar refractivity (Wildman–Crippen MR) is 151 cm³/mol. The molecule has 3 aromatic carbocycles. The predicted octanol–water partition coefficient (Wildman–Crippen LogP) is 4.47. The van der Waals surface area contributed by atoms with Crippen molar-refractivity contribution in [2.75, 3.05) is 43.5 Å². The summed E-state index contributed by atoms with van der Waals surface area (Å²) in [6.07, 6.45) is 2.82. The van der Waals surface area contributed by atoms with Crippen LogP contribution in [0.25, 0.3) is 0 Å². The Morgan fingerprint density at radius 2 is 1.62 bits per heavy atom. The summed E-state index contributed by atoms with van der Waals surface area (Å²) < 4.78 is 18.5. The van der Waals surface area contributed by atoms with Gasteiger partial charge in [0.2, 0.25) is 5.91 Å². The number of anilines is 2. The number of hydrogen-bond acceptors (Lipinski definition) is 5. The lowest BCUT2D eigenvalue weighted by Crippen LogP contribution is -2.49. The fraction of sp³-hybridized carbons (Fsp3) is 0.323. The van der Waals surface area contributed by atoms with E-state index in [1.54, 1.807) is 54.5 Å². The normalized spacial score (nSPS) is 15.2. The molecule has 1 heterocycles. The topological polar surface area (TPSA) is 91.0 Å². The fourth-order valence-electron chi connectivity index (χ4n) is 4.93. The van der Waals surface area contributed by atoms with E-state index in [-0.39, 0.29) is 36.0 Å². The molecule has 9 heteroatoms. The number of rotatable bonds is 8. The molecule has 8 nitrogen and oxygen atoms in total. The molecule has 3 aromatic rings. The van der Waals surface area contributed by atoms with Crippen molar-refractivity contribution in [3.63, 3.8) is 0 Å². The number of carbonyl (C=O) groups excluding carboxylic acids is 3. The number of amides is 3. The summed E-state index contributed by atoms with van der Waals surface area (Å²) in [5, 5.41) is 5.88. The molecular weight excluding hydrogens is 511 g/mol. The lowest BCUT2D eigenvalue weighted by molar-refractivity contribution is -0.122. The first-order valence-electron chi connectivity index (χ1n) is 13.6. The molecule has 5 rings (SSSR count). The van der Waals surface area contributed by atoms with E-state index in [0.29, 0.717) is 48.7 Å². The van der Waals surface area contributed by atoms with Crippen molar-refractivity contribution in [3.8, 4) is 5.75 Å². The summed E-state index contributed by atoms with van der Waals surface area (Å²) in [6, 6.07) is 18.4. The van der Waals surface area contributed by atoms with E-state index in [1.807, 2.05) is 12.1 Å². The Bertz CT molecular complexity index is 1370. The van der Waals surface area contributed by atoms with Gasteiger partial charge in [-0.1, -0.05) is 18.6 Å². The molecule has 1 aliphatic heterocycles. The Morgan fingerprint density at radius 1 is 0.925 bits per heavy atom. The minimum absolute atomic E-state index is 0.0201. The maximum Gasteiger partial charge on any atom is 0.253 e. The molecular formula is C31H33FN4O4. The Labute approximate surface area is 233 Å².